The van der Waals surface area contributed by atoms with Crippen LogP contribution in [0.5, 0.6) is 0 Å². The van der Waals surface area contributed by atoms with Crippen LogP contribution in [-0.4, -0.2) is 46.9 Å². The Hall–Kier alpha value is -1.68. The second-order valence-electron chi connectivity index (χ2n) is 2.46. The smallest absolute Gasteiger partial charge is 0.337 e. The number of rotatable bonds is 6. The van der Waals surface area contributed by atoms with Crippen molar-refractivity contribution >= 4 is 35.3 Å². The first-order valence-electron chi connectivity index (χ1n) is 4.36. The van der Waals surface area contributed by atoms with Gasteiger partial charge in [-0.15, -0.1) is 33.0 Å². The molecule has 0 aliphatic rings. The van der Waals surface area contributed by atoms with Crippen molar-refractivity contribution < 1.29 is 9.59 Å². The van der Waals surface area contributed by atoms with Crippen molar-refractivity contribution in [1.82, 2.24) is 10.0 Å². The highest BCUT2D eigenvalue weighted by Gasteiger charge is 2.07. The molecule has 4 amide bonds. The molecule has 0 spiro atoms. The standard InChI is InChI=1S/2C3H6ClN3O2/c2*4-1-2-7(6-9)3(5)8/h2*1-2H2,(H2,5,8). The third-order valence-corrected chi connectivity index (χ3v) is 1.64. The monoisotopic (exact) mass is 302 g/mol. The molecule has 0 saturated heterocycles. The van der Waals surface area contributed by atoms with Crippen LogP contribution in [0, 0.1) is 9.81 Å². The quantitative estimate of drug-likeness (QED) is 0.418. The van der Waals surface area contributed by atoms with Crippen LogP contribution in [0.2, 0.25) is 0 Å². The summed E-state index contributed by atoms with van der Waals surface area (Å²) >= 11 is 10.3. The molecule has 0 bridgehead atoms. The summed E-state index contributed by atoms with van der Waals surface area (Å²) in [5, 5.41) is 5.70. The van der Waals surface area contributed by atoms with E-state index in [0.717, 1.165) is 0 Å². The van der Waals surface area contributed by atoms with E-state index in [1.807, 2.05) is 0 Å². The Bertz CT molecular complexity index is 263. The predicted molar refractivity (Wildman–Crippen MR) is 65.6 cm³/mol. The van der Waals surface area contributed by atoms with Gasteiger partial charge in [-0.1, -0.05) is 0 Å². The molecule has 0 radical (unpaired) electrons. The summed E-state index contributed by atoms with van der Waals surface area (Å²) < 4.78 is 0. The van der Waals surface area contributed by atoms with Crippen molar-refractivity contribution in [3.8, 4) is 0 Å². The van der Waals surface area contributed by atoms with Gasteiger partial charge < -0.3 is 11.5 Å². The summed E-state index contributed by atoms with van der Waals surface area (Å²) in [6, 6.07) is -1.77. The van der Waals surface area contributed by atoms with Gasteiger partial charge in [-0.05, 0) is 0 Å². The Balaban J connectivity index is 0. The Morgan fingerprint density at radius 2 is 1.17 bits per heavy atom. The SMILES string of the molecule is NC(=O)N(CCCl)N=O.NC(=O)N(CCCl)N=O. The van der Waals surface area contributed by atoms with Crippen LogP contribution in [0.25, 0.3) is 0 Å². The number of hydrogen-bond acceptors (Lipinski definition) is 6. The highest BCUT2D eigenvalue weighted by Crippen LogP contribution is 1.88. The fourth-order valence-electron chi connectivity index (χ4n) is 0.543. The van der Waals surface area contributed by atoms with Gasteiger partial charge in [0.15, 0.2) is 0 Å². The Morgan fingerprint density at radius 1 is 0.889 bits per heavy atom. The number of nitroso groups, excluding NO2 is 2. The molecule has 0 saturated carbocycles. The average Bonchev–Trinajstić information content (AvgIpc) is 2.32. The first-order chi connectivity index (χ1) is 8.44. The number of alkyl halides is 2. The molecular weight excluding hydrogens is 291 g/mol. The number of primary amides is 2. The lowest BCUT2D eigenvalue weighted by Crippen LogP contribution is -2.32. The maximum atomic E-state index is 10.1. The zero-order chi connectivity index (χ0) is 14.6. The molecule has 4 N–H and O–H groups in total. The minimum Gasteiger partial charge on any atom is -0.350 e. The van der Waals surface area contributed by atoms with E-state index in [0.29, 0.717) is 10.0 Å². The van der Waals surface area contributed by atoms with Crippen molar-refractivity contribution in [2.45, 2.75) is 0 Å². The van der Waals surface area contributed by atoms with Crippen molar-refractivity contribution in [3.63, 3.8) is 0 Å². The van der Waals surface area contributed by atoms with E-state index in [1.54, 1.807) is 0 Å². The van der Waals surface area contributed by atoms with Crippen molar-refractivity contribution in [2.75, 3.05) is 24.8 Å². The van der Waals surface area contributed by atoms with Crippen LogP contribution in [0.3, 0.4) is 0 Å². The molecule has 0 unspecified atom stereocenters. The van der Waals surface area contributed by atoms with Gasteiger partial charge in [0.05, 0.1) is 23.7 Å². The molecule has 0 aromatic rings. The maximum Gasteiger partial charge on any atom is 0.337 e. The van der Waals surface area contributed by atoms with Crippen LogP contribution in [0.1, 0.15) is 0 Å². The van der Waals surface area contributed by atoms with E-state index < -0.39 is 12.1 Å². The van der Waals surface area contributed by atoms with Crippen LogP contribution in [0.15, 0.2) is 10.6 Å². The highest BCUT2D eigenvalue weighted by molar-refractivity contribution is 6.18. The molecule has 18 heavy (non-hydrogen) atoms. The Labute approximate surface area is 112 Å². The summed E-state index contributed by atoms with van der Waals surface area (Å²) in [6.45, 7) is 0.112. The summed E-state index contributed by atoms with van der Waals surface area (Å²) in [5.41, 5.74) is 9.34. The molecular formula is C6H12Cl2N6O4. The molecule has 0 aromatic heterocycles. The topological polar surface area (TPSA) is 152 Å². The molecule has 0 aliphatic carbocycles. The third kappa shape index (κ3) is 9.54. The second kappa shape index (κ2) is 11.8. The molecule has 0 heterocycles. The van der Waals surface area contributed by atoms with Gasteiger partial charge in [0.1, 0.15) is 0 Å². The first-order valence-corrected chi connectivity index (χ1v) is 5.43. The summed E-state index contributed by atoms with van der Waals surface area (Å²) in [5.74, 6) is 0.295. The van der Waals surface area contributed by atoms with Crippen LogP contribution >= 0.6 is 23.2 Å². The molecule has 0 aromatic carbocycles. The lowest BCUT2D eigenvalue weighted by atomic mass is 10.7. The number of urea groups is 2. The van der Waals surface area contributed by atoms with Gasteiger partial charge in [-0.25, -0.2) is 9.59 Å². The minimum absolute atomic E-state index is 0.0559. The number of halogens is 2. The fourth-order valence-corrected chi connectivity index (χ4v) is 0.863. The largest absolute Gasteiger partial charge is 0.350 e. The van der Waals surface area contributed by atoms with Crippen molar-refractivity contribution in [2.24, 2.45) is 22.0 Å². The first kappa shape index (κ1) is 18.7. The number of hydrogen-bond donors (Lipinski definition) is 2. The molecule has 0 fully saturated rings. The molecule has 0 rings (SSSR count). The summed E-state index contributed by atoms with van der Waals surface area (Å²) in [6.07, 6.45) is 0. The Kier molecular flexibility index (Phi) is 12.2. The van der Waals surface area contributed by atoms with E-state index >= 15 is 0 Å². The van der Waals surface area contributed by atoms with Crippen molar-refractivity contribution in [3.05, 3.63) is 9.81 Å². The lowest BCUT2D eigenvalue weighted by molar-refractivity contribution is 0.211. The van der Waals surface area contributed by atoms with Gasteiger partial charge in [-0.2, -0.15) is 10.0 Å². The maximum absolute atomic E-state index is 10.1. The zero-order valence-corrected chi connectivity index (χ0v) is 10.7. The number of carbonyl (C=O) groups excluding carboxylic acids is 2. The van der Waals surface area contributed by atoms with Crippen LogP contribution in [-0.2, 0) is 0 Å². The van der Waals surface area contributed by atoms with E-state index in [-0.39, 0.29) is 24.8 Å². The van der Waals surface area contributed by atoms with Crippen molar-refractivity contribution in [1.29, 1.82) is 0 Å². The Morgan fingerprint density at radius 3 is 1.22 bits per heavy atom. The molecule has 0 aliphatic heterocycles. The van der Waals surface area contributed by atoms with Gasteiger partial charge in [0.25, 0.3) is 0 Å². The molecule has 10 nitrogen and oxygen atoms in total. The molecule has 104 valence electrons. The zero-order valence-electron chi connectivity index (χ0n) is 9.16. The summed E-state index contributed by atoms with van der Waals surface area (Å²) in [4.78, 5) is 39.5. The minimum atomic E-state index is -0.884. The number of amides is 4. The van der Waals surface area contributed by atoms with E-state index in [4.69, 9.17) is 23.2 Å². The van der Waals surface area contributed by atoms with E-state index in [2.05, 4.69) is 22.0 Å². The number of nitrogens with zero attached hydrogens (tertiary/aromatic N) is 4. The van der Waals surface area contributed by atoms with Gasteiger partial charge in [0.2, 0.25) is 0 Å². The van der Waals surface area contributed by atoms with Crippen LogP contribution in [0.4, 0.5) is 9.59 Å². The van der Waals surface area contributed by atoms with Gasteiger partial charge >= 0.3 is 12.1 Å². The van der Waals surface area contributed by atoms with Crippen LogP contribution < -0.4 is 11.5 Å². The average molecular weight is 303 g/mol. The molecule has 0 atom stereocenters. The summed E-state index contributed by atoms with van der Waals surface area (Å²) in [7, 11) is 0. The normalized spacial score (nSPS) is 8.56. The predicted octanol–water partition coefficient (Wildman–Crippen LogP) is 0.575. The fraction of sp³-hybridized carbons (Fsp3) is 0.667. The lowest BCUT2D eigenvalue weighted by Gasteiger charge is -2.05. The molecule has 12 heteroatoms. The number of carbonyl (C=O) groups is 2. The van der Waals surface area contributed by atoms with E-state index in [1.165, 1.54) is 0 Å². The second-order valence-corrected chi connectivity index (χ2v) is 3.22. The van der Waals surface area contributed by atoms with E-state index in [9.17, 15) is 19.4 Å². The van der Waals surface area contributed by atoms with Gasteiger partial charge in [-0.3, -0.25) is 0 Å². The van der Waals surface area contributed by atoms with Gasteiger partial charge in [0, 0.05) is 11.8 Å². The third-order valence-electron chi connectivity index (χ3n) is 1.30. The highest BCUT2D eigenvalue weighted by atomic mass is 35.5. The number of nitrogens with two attached hydrogens (primary N) is 2.